The minimum absolute atomic E-state index is 0.0289. The van der Waals surface area contributed by atoms with E-state index in [0.717, 1.165) is 30.6 Å². The number of esters is 1. The van der Waals surface area contributed by atoms with Crippen LogP contribution < -0.4 is 14.8 Å². The topological polar surface area (TPSA) is 141 Å². The predicted molar refractivity (Wildman–Crippen MR) is 176 cm³/mol. The highest BCUT2D eigenvalue weighted by Crippen LogP contribution is 2.14. The molecule has 0 fully saturated rings. The summed E-state index contributed by atoms with van der Waals surface area (Å²) in [5, 5.41) is 2.81. The molecule has 0 atom stereocenters. The molecule has 0 aliphatic heterocycles. The Balaban J connectivity index is 1.38. The highest BCUT2D eigenvalue weighted by atomic mass is 32.2. The standard InChI is InChI=1S/C35H45N3O7S/c1-3-4-5-6-7-8-9-10-11-12-33(39)45-26-30-18-15-29(25-37-30)35(41)38-46(42,43)32-21-16-28(17-22-32)34(40)36-24-23-27-13-19-31(44-2)20-14-27/h13-22,25H,3-12,23-24,26H2,1-2H3,(H,36,40)(H,38,41). The van der Waals surface area contributed by atoms with Gasteiger partial charge >= 0.3 is 5.97 Å². The summed E-state index contributed by atoms with van der Waals surface area (Å²) in [4.78, 5) is 41.1. The van der Waals surface area contributed by atoms with Gasteiger partial charge in [0.2, 0.25) is 0 Å². The summed E-state index contributed by atoms with van der Waals surface area (Å²) in [7, 11) is -2.60. The Morgan fingerprint density at radius 2 is 1.39 bits per heavy atom. The number of nitrogens with zero attached hydrogens (tertiary/aromatic N) is 1. The summed E-state index contributed by atoms with van der Waals surface area (Å²) >= 11 is 0. The minimum atomic E-state index is -4.20. The Kier molecular flexibility index (Phi) is 15.2. The van der Waals surface area contributed by atoms with Gasteiger partial charge in [0.15, 0.2) is 0 Å². The summed E-state index contributed by atoms with van der Waals surface area (Å²) in [5.74, 6) is -0.749. The zero-order valence-electron chi connectivity index (χ0n) is 26.8. The maximum atomic E-state index is 12.8. The summed E-state index contributed by atoms with van der Waals surface area (Å²) < 4.78 is 38.0. The van der Waals surface area contributed by atoms with Crippen molar-refractivity contribution in [3.63, 3.8) is 0 Å². The van der Waals surface area contributed by atoms with E-state index in [4.69, 9.17) is 9.47 Å². The number of carbonyl (C=O) groups is 3. The fraction of sp³-hybridized carbons (Fsp3) is 0.429. The highest BCUT2D eigenvalue weighted by molar-refractivity contribution is 7.90. The molecule has 2 amide bonds. The van der Waals surface area contributed by atoms with Crippen LogP contribution in [-0.2, 0) is 32.6 Å². The van der Waals surface area contributed by atoms with Crippen LogP contribution in [0, 0.1) is 0 Å². The zero-order valence-corrected chi connectivity index (χ0v) is 27.6. The second kappa shape index (κ2) is 19.3. The first-order valence-electron chi connectivity index (χ1n) is 15.9. The van der Waals surface area contributed by atoms with E-state index in [1.54, 1.807) is 7.11 Å². The highest BCUT2D eigenvalue weighted by Gasteiger charge is 2.20. The number of hydrogen-bond donors (Lipinski definition) is 2. The van der Waals surface area contributed by atoms with E-state index in [9.17, 15) is 22.8 Å². The van der Waals surface area contributed by atoms with Gasteiger partial charge in [-0.2, -0.15) is 0 Å². The molecule has 1 aromatic heterocycles. The van der Waals surface area contributed by atoms with Crippen molar-refractivity contribution in [2.75, 3.05) is 13.7 Å². The number of unbranched alkanes of at least 4 members (excludes halogenated alkanes) is 8. The van der Waals surface area contributed by atoms with Gasteiger partial charge < -0.3 is 14.8 Å². The van der Waals surface area contributed by atoms with Crippen molar-refractivity contribution in [2.24, 2.45) is 0 Å². The Labute approximate surface area is 272 Å². The van der Waals surface area contributed by atoms with Crippen molar-refractivity contribution in [1.29, 1.82) is 0 Å². The number of carbonyl (C=O) groups excluding carboxylic acids is 3. The molecule has 46 heavy (non-hydrogen) atoms. The Bertz CT molecular complexity index is 1490. The van der Waals surface area contributed by atoms with Crippen molar-refractivity contribution in [2.45, 2.75) is 89.1 Å². The summed E-state index contributed by atoms with van der Waals surface area (Å²) in [6, 6.07) is 15.7. The van der Waals surface area contributed by atoms with Crippen molar-refractivity contribution < 1.29 is 32.3 Å². The number of aromatic nitrogens is 1. The number of ether oxygens (including phenoxy) is 2. The first kappa shape index (κ1) is 36.2. The molecule has 1 heterocycles. The van der Waals surface area contributed by atoms with E-state index in [-0.39, 0.29) is 34.5 Å². The van der Waals surface area contributed by atoms with Crippen LogP contribution in [-0.4, -0.2) is 44.8 Å². The second-order valence-corrected chi connectivity index (χ2v) is 12.8. The molecule has 10 nitrogen and oxygen atoms in total. The van der Waals surface area contributed by atoms with Crippen LogP contribution in [0.4, 0.5) is 0 Å². The van der Waals surface area contributed by atoms with Gasteiger partial charge in [0.1, 0.15) is 12.4 Å². The lowest BCUT2D eigenvalue weighted by Gasteiger charge is -2.09. The van der Waals surface area contributed by atoms with E-state index >= 15 is 0 Å². The van der Waals surface area contributed by atoms with Gasteiger partial charge in [-0.1, -0.05) is 70.4 Å². The number of benzene rings is 2. The van der Waals surface area contributed by atoms with E-state index in [1.807, 2.05) is 29.0 Å². The van der Waals surface area contributed by atoms with Crippen LogP contribution >= 0.6 is 0 Å². The molecule has 2 aromatic carbocycles. The fourth-order valence-corrected chi connectivity index (χ4v) is 5.66. The lowest BCUT2D eigenvalue weighted by Crippen LogP contribution is -2.31. The fourth-order valence-electron chi connectivity index (χ4n) is 4.69. The molecule has 0 spiro atoms. The van der Waals surface area contributed by atoms with E-state index in [2.05, 4.69) is 17.2 Å². The van der Waals surface area contributed by atoms with Gasteiger partial charge in [-0.3, -0.25) is 19.4 Å². The predicted octanol–water partition coefficient (Wildman–Crippen LogP) is 6.15. The molecule has 2 N–H and O–H groups in total. The van der Waals surface area contributed by atoms with E-state index in [1.165, 1.54) is 81.1 Å². The summed E-state index contributed by atoms with van der Waals surface area (Å²) in [5.41, 5.74) is 1.79. The maximum Gasteiger partial charge on any atom is 0.306 e. The van der Waals surface area contributed by atoms with E-state index in [0.29, 0.717) is 25.1 Å². The lowest BCUT2D eigenvalue weighted by atomic mass is 10.1. The first-order valence-corrected chi connectivity index (χ1v) is 17.4. The molecule has 3 rings (SSSR count). The van der Waals surface area contributed by atoms with Crippen LogP contribution in [0.2, 0.25) is 0 Å². The maximum absolute atomic E-state index is 12.8. The zero-order chi connectivity index (χ0) is 33.2. The molecular formula is C35H45N3O7S. The van der Waals surface area contributed by atoms with Crippen LogP contribution in [0.5, 0.6) is 5.75 Å². The number of nitrogens with one attached hydrogen (secondary N) is 2. The molecule has 0 unspecified atom stereocenters. The molecule has 0 radical (unpaired) electrons. The van der Waals surface area contributed by atoms with Gasteiger partial charge in [-0.25, -0.2) is 13.1 Å². The van der Waals surface area contributed by atoms with Crippen molar-refractivity contribution in [3.8, 4) is 5.75 Å². The number of methoxy groups -OCH3 is 1. The quantitative estimate of drug-likeness (QED) is 0.110. The third-order valence-electron chi connectivity index (χ3n) is 7.46. The average Bonchev–Trinajstić information content (AvgIpc) is 3.07. The first-order chi connectivity index (χ1) is 22.2. The minimum Gasteiger partial charge on any atom is -0.497 e. The molecule has 0 saturated carbocycles. The smallest absolute Gasteiger partial charge is 0.306 e. The Morgan fingerprint density at radius 1 is 0.761 bits per heavy atom. The van der Waals surface area contributed by atoms with Crippen molar-refractivity contribution in [3.05, 3.63) is 89.2 Å². The average molecular weight is 652 g/mol. The van der Waals surface area contributed by atoms with E-state index < -0.39 is 15.9 Å². The SMILES string of the molecule is CCCCCCCCCCCC(=O)OCc1ccc(C(=O)NS(=O)(=O)c2ccc(C(=O)NCCc3ccc(OC)cc3)cc2)cn1. The third kappa shape index (κ3) is 12.6. The monoisotopic (exact) mass is 651 g/mol. The molecule has 3 aromatic rings. The van der Waals surface area contributed by atoms with Gasteiger partial charge in [-0.15, -0.1) is 0 Å². The number of pyridine rings is 1. The number of rotatable bonds is 20. The van der Waals surface area contributed by atoms with Crippen LogP contribution in [0.25, 0.3) is 0 Å². The molecule has 0 saturated heterocycles. The summed E-state index contributed by atoms with van der Waals surface area (Å²) in [6.45, 7) is 2.58. The van der Waals surface area contributed by atoms with Gasteiger partial charge in [0, 0.05) is 24.7 Å². The second-order valence-electron chi connectivity index (χ2n) is 11.1. The van der Waals surface area contributed by atoms with Crippen molar-refractivity contribution >= 4 is 27.8 Å². The normalized spacial score (nSPS) is 11.1. The molecular weight excluding hydrogens is 606 g/mol. The van der Waals surface area contributed by atoms with Crippen molar-refractivity contribution in [1.82, 2.24) is 15.0 Å². The summed E-state index contributed by atoms with van der Waals surface area (Å²) in [6.07, 6.45) is 12.7. The van der Waals surface area contributed by atoms with Gasteiger partial charge in [0.05, 0.1) is 23.3 Å². The third-order valence-corrected chi connectivity index (χ3v) is 8.81. The lowest BCUT2D eigenvalue weighted by molar-refractivity contribution is -0.145. The van der Waals surface area contributed by atoms with Gasteiger partial charge in [-0.05, 0) is 66.9 Å². The van der Waals surface area contributed by atoms with Crippen LogP contribution in [0.15, 0.2) is 71.8 Å². The Morgan fingerprint density at radius 3 is 2.00 bits per heavy atom. The number of amides is 2. The van der Waals surface area contributed by atoms with Crippen LogP contribution in [0.1, 0.15) is 103 Å². The van der Waals surface area contributed by atoms with Crippen LogP contribution in [0.3, 0.4) is 0 Å². The largest absolute Gasteiger partial charge is 0.497 e. The molecule has 0 aliphatic carbocycles. The number of sulfonamides is 1. The molecule has 248 valence electrons. The molecule has 11 heteroatoms. The Hall–Kier alpha value is -4.25. The molecule has 0 bridgehead atoms. The molecule has 0 aliphatic rings. The van der Waals surface area contributed by atoms with Gasteiger partial charge in [0.25, 0.3) is 21.8 Å². The number of hydrogen-bond acceptors (Lipinski definition) is 8.